The van der Waals surface area contributed by atoms with Crippen LogP contribution in [0.3, 0.4) is 0 Å². The lowest BCUT2D eigenvalue weighted by Crippen LogP contribution is -2.47. The summed E-state index contributed by atoms with van der Waals surface area (Å²) in [6.07, 6.45) is 0. The smallest absolute Gasteiger partial charge is 0.239 e. The van der Waals surface area contributed by atoms with Crippen molar-refractivity contribution in [2.24, 2.45) is 5.41 Å². The van der Waals surface area contributed by atoms with Crippen molar-refractivity contribution < 1.29 is 19.1 Å². The molecule has 0 atom stereocenters. The molecular formula is C17H25ClN2O4. The third-order valence-corrected chi connectivity index (χ3v) is 4.17. The summed E-state index contributed by atoms with van der Waals surface area (Å²) in [6.45, 7) is 8.05. The van der Waals surface area contributed by atoms with Gasteiger partial charge in [-0.2, -0.15) is 0 Å². The van der Waals surface area contributed by atoms with E-state index in [0.29, 0.717) is 35.3 Å². The van der Waals surface area contributed by atoms with Gasteiger partial charge in [0.05, 0.1) is 24.9 Å². The number of nitrogens with one attached hydrogen (secondary N) is 1. The van der Waals surface area contributed by atoms with Crippen LogP contribution in [-0.2, 0) is 9.59 Å². The predicted octanol–water partition coefficient (Wildman–Crippen LogP) is 3.19. The number of methoxy groups -OCH3 is 2. The van der Waals surface area contributed by atoms with Crippen LogP contribution in [0.4, 0.5) is 5.69 Å². The Morgan fingerprint density at radius 1 is 1.12 bits per heavy atom. The minimum atomic E-state index is -1.22. The molecule has 7 heteroatoms. The van der Waals surface area contributed by atoms with E-state index in [1.165, 1.54) is 14.2 Å². The van der Waals surface area contributed by atoms with Crippen LogP contribution in [0.1, 0.15) is 27.7 Å². The summed E-state index contributed by atoms with van der Waals surface area (Å²) in [7, 11) is 2.95. The summed E-state index contributed by atoms with van der Waals surface area (Å²) in [4.78, 5) is 26.9. The molecule has 2 amide bonds. The fraction of sp³-hybridized carbons (Fsp3) is 0.529. The Morgan fingerprint density at radius 3 is 2.12 bits per heavy atom. The first-order chi connectivity index (χ1) is 11.2. The highest BCUT2D eigenvalue weighted by molar-refractivity contribution is 6.32. The Bertz CT molecular complexity index is 613. The quantitative estimate of drug-likeness (QED) is 0.762. The number of hydrogen-bond acceptors (Lipinski definition) is 4. The van der Waals surface area contributed by atoms with Gasteiger partial charge in [-0.1, -0.05) is 11.6 Å². The van der Waals surface area contributed by atoms with E-state index in [1.807, 2.05) is 13.8 Å². The molecule has 0 bridgehead atoms. The summed E-state index contributed by atoms with van der Waals surface area (Å²) in [6, 6.07) is 3.12. The molecule has 1 rings (SSSR count). The lowest BCUT2D eigenvalue weighted by Gasteiger charge is -2.29. The first kappa shape index (κ1) is 20.1. The molecule has 0 saturated carbocycles. The van der Waals surface area contributed by atoms with Gasteiger partial charge >= 0.3 is 0 Å². The Labute approximate surface area is 148 Å². The van der Waals surface area contributed by atoms with Crippen LogP contribution < -0.4 is 14.8 Å². The monoisotopic (exact) mass is 356 g/mol. The van der Waals surface area contributed by atoms with E-state index in [1.54, 1.807) is 30.9 Å². The molecule has 0 saturated heterocycles. The molecule has 0 fully saturated rings. The first-order valence-electron chi connectivity index (χ1n) is 7.75. The second-order valence-electron chi connectivity index (χ2n) is 5.74. The van der Waals surface area contributed by atoms with Crippen LogP contribution in [0.5, 0.6) is 11.5 Å². The molecule has 24 heavy (non-hydrogen) atoms. The number of carbonyl (C=O) groups is 2. The normalized spacial score (nSPS) is 11.0. The van der Waals surface area contributed by atoms with Crippen molar-refractivity contribution in [2.45, 2.75) is 27.7 Å². The Kier molecular flexibility index (Phi) is 6.90. The zero-order valence-corrected chi connectivity index (χ0v) is 15.8. The number of amides is 2. The number of carbonyl (C=O) groups excluding carboxylic acids is 2. The van der Waals surface area contributed by atoms with Crippen LogP contribution >= 0.6 is 11.6 Å². The third-order valence-electron chi connectivity index (χ3n) is 3.88. The molecule has 134 valence electrons. The van der Waals surface area contributed by atoms with Crippen LogP contribution in [0.25, 0.3) is 0 Å². The maximum absolute atomic E-state index is 12.7. The van der Waals surface area contributed by atoms with Crippen LogP contribution in [0.2, 0.25) is 5.02 Å². The molecule has 0 aromatic heterocycles. The Balaban J connectivity index is 3.12. The molecular weight excluding hydrogens is 332 g/mol. The second kappa shape index (κ2) is 8.24. The number of rotatable bonds is 7. The van der Waals surface area contributed by atoms with E-state index < -0.39 is 11.3 Å². The van der Waals surface area contributed by atoms with Crippen LogP contribution in [0, 0.1) is 5.41 Å². The fourth-order valence-corrected chi connectivity index (χ4v) is 2.47. The van der Waals surface area contributed by atoms with Gasteiger partial charge in [-0.3, -0.25) is 9.59 Å². The van der Waals surface area contributed by atoms with Crippen molar-refractivity contribution in [2.75, 3.05) is 32.6 Å². The Hall–Kier alpha value is -1.95. The highest BCUT2D eigenvalue weighted by Crippen LogP contribution is 2.36. The maximum Gasteiger partial charge on any atom is 0.239 e. The van der Waals surface area contributed by atoms with Gasteiger partial charge in [-0.25, -0.2) is 0 Å². The third kappa shape index (κ3) is 4.12. The van der Waals surface area contributed by atoms with Gasteiger partial charge in [0.25, 0.3) is 0 Å². The van der Waals surface area contributed by atoms with Crippen molar-refractivity contribution in [3.63, 3.8) is 0 Å². The fourth-order valence-electron chi connectivity index (χ4n) is 2.24. The van der Waals surface area contributed by atoms with E-state index >= 15 is 0 Å². The van der Waals surface area contributed by atoms with Gasteiger partial charge in [0, 0.05) is 25.2 Å². The lowest BCUT2D eigenvalue weighted by atomic mass is 9.90. The summed E-state index contributed by atoms with van der Waals surface area (Å²) >= 11 is 6.06. The summed E-state index contributed by atoms with van der Waals surface area (Å²) in [5, 5.41) is 3.10. The largest absolute Gasteiger partial charge is 0.495 e. The minimum Gasteiger partial charge on any atom is -0.495 e. The second-order valence-corrected chi connectivity index (χ2v) is 6.15. The predicted molar refractivity (Wildman–Crippen MR) is 94.9 cm³/mol. The number of nitrogens with zero attached hydrogens (tertiary/aromatic N) is 1. The summed E-state index contributed by atoms with van der Waals surface area (Å²) in [5.41, 5.74) is -0.826. The van der Waals surface area contributed by atoms with Crippen LogP contribution in [-0.4, -0.2) is 44.0 Å². The number of ether oxygens (including phenoxy) is 2. The highest BCUT2D eigenvalue weighted by atomic mass is 35.5. The number of hydrogen-bond donors (Lipinski definition) is 1. The zero-order valence-electron chi connectivity index (χ0n) is 15.0. The SMILES string of the molecule is CCN(CC)C(=O)C(C)(C)C(=O)Nc1cc(OC)c(Cl)cc1OC. The average molecular weight is 357 g/mol. The molecule has 0 aliphatic heterocycles. The van der Waals surface area contributed by atoms with Crippen LogP contribution in [0.15, 0.2) is 12.1 Å². The topological polar surface area (TPSA) is 67.9 Å². The molecule has 0 heterocycles. The van der Waals surface area contributed by atoms with Gasteiger partial charge in [-0.15, -0.1) is 0 Å². The number of halogens is 1. The molecule has 6 nitrogen and oxygen atoms in total. The van der Waals surface area contributed by atoms with Gasteiger partial charge in [0.2, 0.25) is 11.8 Å². The standard InChI is InChI=1S/C17H25ClN2O4/c1-7-20(8-2)16(22)17(3,4)15(21)19-12-10-13(23-5)11(18)9-14(12)24-6/h9-10H,7-8H2,1-6H3,(H,19,21). The first-order valence-corrected chi connectivity index (χ1v) is 8.12. The van der Waals surface area contributed by atoms with E-state index in [0.717, 1.165) is 0 Å². The molecule has 0 unspecified atom stereocenters. The number of benzene rings is 1. The molecule has 0 aliphatic carbocycles. The van der Waals surface area contributed by atoms with E-state index in [4.69, 9.17) is 21.1 Å². The molecule has 0 radical (unpaired) electrons. The summed E-state index contributed by atoms with van der Waals surface area (Å²) < 4.78 is 10.4. The van der Waals surface area contributed by atoms with E-state index in [-0.39, 0.29) is 5.91 Å². The maximum atomic E-state index is 12.7. The molecule has 0 aliphatic rings. The molecule has 0 spiro atoms. The summed E-state index contributed by atoms with van der Waals surface area (Å²) in [5.74, 6) is 0.132. The lowest BCUT2D eigenvalue weighted by molar-refractivity contribution is -0.146. The molecule has 1 aromatic rings. The van der Waals surface area contributed by atoms with Crippen molar-refractivity contribution >= 4 is 29.1 Å². The zero-order chi connectivity index (χ0) is 18.5. The van der Waals surface area contributed by atoms with Crippen molar-refractivity contribution in [3.8, 4) is 11.5 Å². The van der Waals surface area contributed by atoms with Crippen molar-refractivity contribution in [3.05, 3.63) is 17.2 Å². The molecule has 1 N–H and O–H groups in total. The minimum absolute atomic E-state index is 0.232. The van der Waals surface area contributed by atoms with E-state index in [9.17, 15) is 9.59 Å². The van der Waals surface area contributed by atoms with Gasteiger partial charge in [-0.05, 0) is 27.7 Å². The average Bonchev–Trinajstić information content (AvgIpc) is 2.56. The van der Waals surface area contributed by atoms with E-state index in [2.05, 4.69) is 5.32 Å². The van der Waals surface area contributed by atoms with Gasteiger partial charge in [0.15, 0.2) is 0 Å². The number of anilines is 1. The highest BCUT2D eigenvalue weighted by Gasteiger charge is 2.38. The van der Waals surface area contributed by atoms with Crippen molar-refractivity contribution in [1.82, 2.24) is 4.90 Å². The molecule has 1 aromatic carbocycles. The van der Waals surface area contributed by atoms with Gasteiger partial charge < -0.3 is 19.7 Å². The Morgan fingerprint density at radius 2 is 1.67 bits per heavy atom. The van der Waals surface area contributed by atoms with Crippen molar-refractivity contribution in [1.29, 1.82) is 0 Å². The van der Waals surface area contributed by atoms with Gasteiger partial charge in [0.1, 0.15) is 16.9 Å².